The third-order valence-electron chi connectivity index (χ3n) is 6.03. The lowest BCUT2D eigenvalue weighted by Crippen LogP contribution is -2.56. The van der Waals surface area contributed by atoms with E-state index in [0.29, 0.717) is 11.8 Å². The van der Waals surface area contributed by atoms with Crippen LogP contribution in [0.1, 0.15) is 70.1 Å². The highest BCUT2D eigenvalue weighted by Gasteiger charge is 2.52. The zero-order valence-electron chi connectivity index (χ0n) is 17.5. The first-order valence-corrected chi connectivity index (χ1v) is 10.2. The van der Waals surface area contributed by atoms with Crippen LogP contribution in [0.15, 0.2) is 42.5 Å². The van der Waals surface area contributed by atoms with Crippen molar-refractivity contribution in [2.45, 2.75) is 65.5 Å². The molecule has 4 heteroatoms. The number of rotatable bonds is 3. The van der Waals surface area contributed by atoms with Crippen LogP contribution in [0.2, 0.25) is 0 Å². The lowest BCUT2D eigenvalue weighted by molar-refractivity contribution is 0.219. The van der Waals surface area contributed by atoms with Crippen LogP contribution in [0.3, 0.4) is 0 Å². The minimum atomic E-state index is -0.0488. The average molecular weight is 362 g/mol. The van der Waals surface area contributed by atoms with E-state index in [1.165, 1.54) is 28.1 Å². The van der Waals surface area contributed by atoms with Crippen LogP contribution in [-0.2, 0) is 11.2 Å². The highest BCUT2D eigenvalue weighted by atomic mass is 16.5. The van der Waals surface area contributed by atoms with E-state index in [4.69, 9.17) is 4.65 Å². The van der Waals surface area contributed by atoms with Gasteiger partial charge in [-0.2, -0.15) is 0 Å². The summed E-state index contributed by atoms with van der Waals surface area (Å²) >= 11 is 0. The molecule has 0 unspecified atom stereocenters. The van der Waals surface area contributed by atoms with Crippen LogP contribution in [0.4, 0.5) is 11.4 Å². The summed E-state index contributed by atoms with van der Waals surface area (Å²) in [5.74, 6) is 0.909. The van der Waals surface area contributed by atoms with Crippen LogP contribution in [0.25, 0.3) is 0 Å². The Morgan fingerprint density at radius 1 is 0.926 bits per heavy atom. The third-order valence-corrected chi connectivity index (χ3v) is 6.03. The minimum absolute atomic E-state index is 0.0290. The molecule has 2 aliphatic rings. The van der Waals surface area contributed by atoms with Gasteiger partial charge in [-0.3, -0.25) is 4.81 Å². The predicted octanol–water partition coefficient (Wildman–Crippen LogP) is 5.68. The molecule has 2 aliphatic heterocycles. The van der Waals surface area contributed by atoms with E-state index in [2.05, 4.69) is 93.6 Å². The maximum absolute atomic E-state index is 6.42. The maximum atomic E-state index is 6.42. The summed E-state index contributed by atoms with van der Waals surface area (Å²) in [5.41, 5.74) is 6.81. The smallest absolute Gasteiger partial charge is 0.401 e. The van der Waals surface area contributed by atoms with Gasteiger partial charge in [-0.25, -0.2) is 0 Å². The van der Waals surface area contributed by atoms with E-state index in [0.717, 1.165) is 13.2 Å². The molecule has 0 atom stereocenters. The van der Waals surface area contributed by atoms with Gasteiger partial charge in [0.05, 0.1) is 0 Å². The Bertz CT molecular complexity index is 820. The number of para-hydroxylation sites is 2. The average Bonchev–Trinajstić information content (AvgIpc) is 2.93. The van der Waals surface area contributed by atoms with Crippen LogP contribution < -0.4 is 4.81 Å². The highest BCUT2D eigenvalue weighted by Crippen LogP contribution is 2.46. The molecule has 0 N–H and O–H groups in total. The van der Waals surface area contributed by atoms with Gasteiger partial charge in [0.25, 0.3) is 0 Å². The molecule has 27 heavy (non-hydrogen) atoms. The molecule has 0 amide bonds. The van der Waals surface area contributed by atoms with Crippen LogP contribution >= 0.6 is 0 Å². The first-order chi connectivity index (χ1) is 12.8. The molecule has 1 saturated heterocycles. The van der Waals surface area contributed by atoms with E-state index < -0.39 is 0 Å². The maximum Gasteiger partial charge on any atom is 0.519 e. The predicted molar refractivity (Wildman–Crippen MR) is 115 cm³/mol. The summed E-state index contributed by atoms with van der Waals surface area (Å²) in [4.78, 5) is 4.98. The monoisotopic (exact) mass is 362 g/mol. The largest absolute Gasteiger partial charge is 0.519 e. The van der Waals surface area contributed by atoms with Crippen molar-refractivity contribution in [3.63, 3.8) is 0 Å². The van der Waals surface area contributed by atoms with Gasteiger partial charge in [-0.1, -0.05) is 64.1 Å². The fourth-order valence-corrected chi connectivity index (χ4v) is 4.46. The number of hydrogen-bond donors (Lipinski definition) is 0. The Balaban J connectivity index is 1.98. The van der Waals surface area contributed by atoms with Crippen molar-refractivity contribution >= 4 is 18.6 Å². The molecular formula is C23H31BN2O. The summed E-state index contributed by atoms with van der Waals surface area (Å²) in [7, 11) is -0.0488. The van der Waals surface area contributed by atoms with Gasteiger partial charge in [0.15, 0.2) is 0 Å². The fraction of sp³-hybridized carbons (Fsp3) is 0.478. The van der Waals surface area contributed by atoms with Crippen LogP contribution in [0.5, 0.6) is 0 Å². The third kappa shape index (κ3) is 2.99. The van der Waals surface area contributed by atoms with Crippen molar-refractivity contribution in [3.8, 4) is 0 Å². The molecule has 4 rings (SSSR count). The zero-order valence-corrected chi connectivity index (χ0v) is 17.5. The van der Waals surface area contributed by atoms with Crippen molar-refractivity contribution in [2.75, 3.05) is 11.4 Å². The van der Waals surface area contributed by atoms with Gasteiger partial charge in [0.1, 0.15) is 0 Å². The number of fused-ring (bicyclic) bond motifs is 2. The van der Waals surface area contributed by atoms with E-state index in [9.17, 15) is 0 Å². The Hall–Kier alpha value is -1.78. The quantitative estimate of drug-likeness (QED) is 0.653. The Labute approximate surface area is 164 Å². The lowest BCUT2D eigenvalue weighted by Gasteiger charge is -2.44. The van der Waals surface area contributed by atoms with E-state index in [-0.39, 0.29) is 12.7 Å². The summed E-state index contributed by atoms with van der Waals surface area (Å²) in [5, 5.41) is 0. The van der Waals surface area contributed by atoms with Crippen molar-refractivity contribution in [1.82, 2.24) is 4.81 Å². The van der Waals surface area contributed by atoms with E-state index >= 15 is 0 Å². The summed E-state index contributed by atoms with van der Waals surface area (Å²) in [6.45, 7) is 15.4. The fourth-order valence-electron chi connectivity index (χ4n) is 4.46. The second kappa shape index (κ2) is 6.68. The molecule has 0 aromatic heterocycles. The molecule has 1 fully saturated rings. The Morgan fingerprint density at radius 2 is 1.56 bits per heavy atom. The molecule has 0 spiro atoms. The summed E-state index contributed by atoms with van der Waals surface area (Å²) in [6, 6.07) is 15.6. The Morgan fingerprint density at radius 3 is 2.19 bits per heavy atom. The van der Waals surface area contributed by atoms with Crippen molar-refractivity contribution in [3.05, 3.63) is 59.2 Å². The highest BCUT2D eigenvalue weighted by molar-refractivity contribution is 6.57. The Kier molecular flexibility index (Phi) is 4.60. The number of anilines is 2. The molecule has 2 aromatic rings. The first kappa shape index (κ1) is 18.6. The van der Waals surface area contributed by atoms with E-state index in [1.807, 2.05) is 0 Å². The second-order valence-electron chi connectivity index (χ2n) is 9.17. The van der Waals surface area contributed by atoms with Gasteiger partial charge in [0, 0.05) is 30.1 Å². The minimum Gasteiger partial charge on any atom is -0.401 e. The van der Waals surface area contributed by atoms with Crippen LogP contribution in [0, 0.1) is 0 Å². The zero-order chi connectivity index (χ0) is 19.3. The summed E-state index contributed by atoms with van der Waals surface area (Å²) < 4.78 is 6.42. The number of nitrogens with zero attached hydrogens (tertiary/aromatic N) is 2. The molecule has 3 nitrogen and oxygen atoms in total. The van der Waals surface area contributed by atoms with Gasteiger partial charge >= 0.3 is 7.19 Å². The topological polar surface area (TPSA) is 15.7 Å². The normalized spacial score (nSPS) is 19.0. The van der Waals surface area contributed by atoms with Gasteiger partial charge in [0.2, 0.25) is 0 Å². The van der Waals surface area contributed by atoms with Crippen molar-refractivity contribution < 1.29 is 4.65 Å². The molecule has 2 aromatic carbocycles. The molecule has 0 aliphatic carbocycles. The van der Waals surface area contributed by atoms with Gasteiger partial charge < -0.3 is 9.47 Å². The first-order valence-electron chi connectivity index (χ1n) is 10.2. The van der Waals surface area contributed by atoms with Crippen molar-refractivity contribution in [2.24, 2.45) is 0 Å². The standard InChI is InChI=1S/C23H31BN2O/c1-16(2)19-11-9-12-20(17(3)4)22(19)26-21-13-8-7-10-18(21)14-25-23(5,6)15-27-24(25)26/h7-13,16-17H,14-15H2,1-6H3. The molecule has 0 radical (unpaired) electrons. The number of hydrogen-bond acceptors (Lipinski definition) is 3. The van der Waals surface area contributed by atoms with E-state index in [1.54, 1.807) is 0 Å². The van der Waals surface area contributed by atoms with Crippen LogP contribution in [-0.4, -0.2) is 24.1 Å². The summed E-state index contributed by atoms with van der Waals surface area (Å²) in [6.07, 6.45) is 0. The number of benzene rings is 2. The lowest BCUT2D eigenvalue weighted by atomic mass is 9.80. The van der Waals surface area contributed by atoms with Gasteiger partial charge in [-0.15, -0.1) is 0 Å². The molecule has 142 valence electrons. The molecule has 0 bridgehead atoms. The second-order valence-corrected chi connectivity index (χ2v) is 9.17. The molecule has 2 heterocycles. The van der Waals surface area contributed by atoms with Gasteiger partial charge in [-0.05, 0) is 48.4 Å². The molecule has 0 saturated carbocycles. The van der Waals surface area contributed by atoms with Crippen molar-refractivity contribution in [1.29, 1.82) is 0 Å². The SMILES string of the molecule is CC(C)c1cccc(C(C)C)c1N1B2OCC(C)(C)N2Cc2ccccc21. The molecular weight excluding hydrogens is 331 g/mol.